The number of nitro benzene ring substituents is 1. The number of aromatic amines is 1. The van der Waals surface area contributed by atoms with Crippen LogP contribution in [0.3, 0.4) is 0 Å². The lowest BCUT2D eigenvalue weighted by molar-refractivity contribution is -0.384. The molecule has 1 heterocycles. The fourth-order valence-corrected chi connectivity index (χ4v) is 2.75. The Bertz CT molecular complexity index is 1030. The van der Waals surface area contributed by atoms with Crippen LogP contribution in [0.4, 0.5) is 11.4 Å². The molecule has 3 N–H and O–H groups in total. The number of hydrogen-bond donors (Lipinski definition) is 2. The molecule has 0 fully saturated rings. The molecule has 0 aliphatic rings. The Labute approximate surface area is 140 Å². The van der Waals surface area contributed by atoms with Crippen LogP contribution < -0.4 is 16.0 Å². The number of halogens is 1. The van der Waals surface area contributed by atoms with Crippen molar-refractivity contribution in [2.24, 2.45) is 0 Å². The minimum absolute atomic E-state index is 0.0167. The van der Waals surface area contributed by atoms with Gasteiger partial charge in [0.25, 0.3) is 11.2 Å². The molecule has 3 rings (SSSR count). The van der Waals surface area contributed by atoms with Crippen molar-refractivity contribution in [2.75, 3.05) is 12.8 Å². The van der Waals surface area contributed by atoms with Crippen LogP contribution in [-0.4, -0.2) is 17.0 Å². The maximum absolute atomic E-state index is 12.2. The van der Waals surface area contributed by atoms with Crippen molar-refractivity contribution in [1.29, 1.82) is 0 Å². The lowest BCUT2D eigenvalue weighted by Gasteiger charge is -2.13. The lowest BCUT2D eigenvalue weighted by Crippen LogP contribution is -2.13. The number of pyridine rings is 1. The van der Waals surface area contributed by atoms with E-state index < -0.39 is 10.5 Å². The summed E-state index contributed by atoms with van der Waals surface area (Å²) in [5, 5.41) is 11.9. The fraction of sp³-hybridized carbons (Fsp3) is 0.0625. The predicted octanol–water partition coefficient (Wildman–Crippen LogP) is 3.35. The number of methoxy groups -OCH3 is 1. The van der Waals surface area contributed by atoms with Gasteiger partial charge >= 0.3 is 0 Å². The van der Waals surface area contributed by atoms with E-state index in [-0.39, 0.29) is 11.4 Å². The summed E-state index contributed by atoms with van der Waals surface area (Å²) in [4.78, 5) is 25.1. The summed E-state index contributed by atoms with van der Waals surface area (Å²) in [6, 6.07) is 9.12. The van der Waals surface area contributed by atoms with Crippen LogP contribution in [0.5, 0.6) is 5.75 Å². The van der Waals surface area contributed by atoms with Crippen molar-refractivity contribution in [3.63, 3.8) is 0 Å². The zero-order chi connectivity index (χ0) is 17.4. The third kappa shape index (κ3) is 2.55. The SMILES string of the molecule is COc1ccc(Cl)cc1-c1c(N)c(=O)[nH]c2cc([N+](=O)[O-])ccc12. The van der Waals surface area contributed by atoms with Crippen LogP contribution in [0.1, 0.15) is 0 Å². The highest BCUT2D eigenvalue weighted by molar-refractivity contribution is 6.31. The van der Waals surface area contributed by atoms with Gasteiger partial charge in [-0.2, -0.15) is 0 Å². The minimum atomic E-state index is -0.542. The molecule has 122 valence electrons. The molecule has 8 heteroatoms. The molecule has 2 aromatic carbocycles. The molecule has 0 atom stereocenters. The van der Waals surface area contributed by atoms with E-state index in [9.17, 15) is 14.9 Å². The van der Waals surface area contributed by atoms with Crippen LogP contribution in [0.2, 0.25) is 5.02 Å². The predicted molar refractivity (Wildman–Crippen MR) is 92.6 cm³/mol. The number of nitrogens with two attached hydrogens (primary N) is 1. The number of nitrogens with zero attached hydrogens (tertiary/aromatic N) is 1. The van der Waals surface area contributed by atoms with Crippen LogP contribution in [0.15, 0.2) is 41.2 Å². The Morgan fingerprint density at radius 2 is 2.00 bits per heavy atom. The second kappa shape index (κ2) is 5.86. The van der Waals surface area contributed by atoms with E-state index in [0.29, 0.717) is 32.8 Å². The summed E-state index contributed by atoms with van der Waals surface area (Å²) in [6.07, 6.45) is 0. The molecule has 0 unspecified atom stereocenters. The van der Waals surface area contributed by atoms with Gasteiger partial charge in [-0.3, -0.25) is 14.9 Å². The van der Waals surface area contributed by atoms with Crippen molar-refractivity contribution in [1.82, 2.24) is 4.98 Å². The van der Waals surface area contributed by atoms with E-state index in [4.69, 9.17) is 22.1 Å². The highest BCUT2D eigenvalue weighted by atomic mass is 35.5. The average molecular weight is 346 g/mol. The standard InChI is InChI=1S/C16H12ClN3O4/c1-24-13-5-2-8(17)6-11(13)14-10-4-3-9(20(22)23)7-12(10)19-16(21)15(14)18/h2-7H,18H2,1H3,(H,19,21). The van der Waals surface area contributed by atoms with E-state index in [1.165, 1.54) is 25.3 Å². The summed E-state index contributed by atoms with van der Waals surface area (Å²) in [5.74, 6) is 0.483. The van der Waals surface area contributed by atoms with Gasteiger partial charge < -0.3 is 15.5 Å². The Hall–Kier alpha value is -3.06. The van der Waals surface area contributed by atoms with Gasteiger partial charge in [0.1, 0.15) is 11.4 Å². The minimum Gasteiger partial charge on any atom is -0.496 e. The molecular formula is C16H12ClN3O4. The number of anilines is 1. The van der Waals surface area contributed by atoms with Crippen molar-refractivity contribution in [3.05, 3.63) is 61.9 Å². The van der Waals surface area contributed by atoms with Crippen molar-refractivity contribution in [2.45, 2.75) is 0 Å². The van der Waals surface area contributed by atoms with Gasteiger partial charge in [-0.1, -0.05) is 11.6 Å². The number of aromatic nitrogens is 1. The van der Waals surface area contributed by atoms with Crippen molar-refractivity contribution >= 4 is 33.9 Å². The molecule has 0 spiro atoms. The number of nitro groups is 1. The second-order valence-electron chi connectivity index (χ2n) is 5.07. The molecule has 0 amide bonds. The van der Waals surface area contributed by atoms with Gasteiger partial charge in [-0.25, -0.2) is 0 Å². The highest BCUT2D eigenvalue weighted by Gasteiger charge is 2.18. The number of non-ortho nitro benzene ring substituents is 1. The average Bonchev–Trinajstić information content (AvgIpc) is 2.55. The van der Waals surface area contributed by atoms with E-state index in [2.05, 4.69) is 4.98 Å². The Kier molecular flexibility index (Phi) is 3.86. The van der Waals surface area contributed by atoms with Gasteiger partial charge in [-0.15, -0.1) is 0 Å². The summed E-state index contributed by atoms with van der Waals surface area (Å²) in [6.45, 7) is 0. The molecule has 0 aliphatic heterocycles. The number of nitrogen functional groups attached to an aromatic ring is 1. The molecular weight excluding hydrogens is 334 g/mol. The molecule has 0 aliphatic carbocycles. The molecule has 24 heavy (non-hydrogen) atoms. The highest BCUT2D eigenvalue weighted by Crippen LogP contribution is 2.39. The number of H-pyrrole nitrogens is 1. The smallest absolute Gasteiger partial charge is 0.272 e. The normalized spacial score (nSPS) is 10.8. The third-order valence-electron chi connectivity index (χ3n) is 3.68. The largest absolute Gasteiger partial charge is 0.496 e. The third-order valence-corrected chi connectivity index (χ3v) is 3.91. The first-order valence-corrected chi connectivity index (χ1v) is 7.24. The maximum atomic E-state index is 12.2. The molecule has 0 radical (unpaired) electrons. The van der Waals surface area contributed by atoms with Crippen molar-refractivity contribution < 1.29 is 9.66 Å². The second-order valence-corrected chi connectivity index (χ2v) is 5.51. The molecule has 0 saturated heterocycles. The summed E-state index contributed by atoms with van der Waals surface area (Å²) < 4.78 is 5.33. The van der Waals surface area contributed by atoms with Crippen LogP contribution in [-0.2, 0) is 0 Å². The van der Waals surface area contributed by atoms with Gasteiger partial charge in [0.05, 0.1) is 17.5 Å². The summed E-state index contributed by atoms with van der Waals surface area (Å²) in [5.41, 5.74) is 6.55. The van der Waals surface area contributed by atoms with Gasteiger partial charge in [0, 0.05) is 33.7 Å². The first-order valence-electron chi connectivity index (χ1n) is 6.86. The lowest BCUT2D eigenvalue weighted by atomic mass is 9.98. The van der Waals surface area contributed by atoms with Crippen molar-refractivity contribution in [3.8, 4) is 16.9 Å². The van der Waals surface area contributed by atoms with Crippen LogP contribution in [0.25, 0.3) is 22.0 Å². The number of fused-ring (bicyclic) bond motifs is 1. The number of hydrogen-bond acceptors (Lipinski definition) is 5. The molecule has 0 bridgehead atoms. The molecule has 7 nitrogen and oxygen atoms in total. The number of rotatable bonds is 3. The summed E-state index contributed by atoms with van der Waals surface area (Å²) in [7, 11) is 1.49. The van der Waals surface area contributed by atoms with Gasteiger partial charge in [0.2, 0.25) is 0 Å². The van der Waals surface area contributed by atoms with Crippen LogP contribution >= 0.6 is 11.6 Å². The zero-order valence-corrected chi connectivity index (χ0v) is 13.3. The van der Waals surface area contributed by atoms with Crippen LogP contribution in [0, 0.1) is 10.1 Å². The van der Waals surface area contributed by atoms with E-state index in [1.807, 2.05) is 0 Å². The monoisotopic (exact) mass is 345 g/mol. The molecule has 3 aromatic rings. The number of nitrogens with one attached hydrogen (secondary N) is 1. The Morgan fingerprint density at radius 3 is 2.67 bits per heavy atom. The fourth-order valence-electron chi connectivity index (χ4n) is 2.58. The first kappa shape index (κ1) is 15.8. The van der Waals surface area contributed by atoms with Gasteiger partial charge in [-0.05, 0) is 24.3 Å². The van der Waals surface area contributed by atoms with Gasteiger partial charge in [0.15, 0.2) is 0 Å². The Morgan fingerprint density at radius 1 is 1.25 bits per heavy atom. The number of benzene rings is 2. The number of ether oxygens (including phenoxy) is 1. The van der Waals surface area contributed by atoms with E-state index in [1.54, 1.807) is 18.2 Å². The quantitative estimate of drug-likeness (QED) is 0.558. The first-order chi connectivity index (χ1) is 11.4. The molecule has 1 aromatic heterocycles. The maximum Gasteiger partial charge on any atom is 0.272 e. The Balaban J connectivity index is 2.43. The molecule has 0 saturated carbocycles. The van der Waals surface area contributed by atoms with E-state index >= 15 is 0 Å². The summed E-state index contributed by atoms with van der Waals surface area (Å²) >= 11 is 6.06. The zero-order valence-electron chi connectivity index (χ0n) is 12.5. The topological polar surface area (TPSA) is 111 Å². The van der Waals surface area contributed by atoms with E-state index in [0.717, 1.165) is 0 Å².